The molecule has 0 saturated heterocycles. The fourth-order valence-corrected chi connectivity index (χ4v) is 2.08. The number of aliphatic hydroxyl groups excluding tert-OH is 1. The van der Waals surface area contributed by atoms with Crippen LogP contribution >= 0.6 is 0 Å². The van der Waals surface area contributed by atoms with E-state index in [9.17, 15) is 14.6 Å². The number of hydrogen-bond donors (Lipinski definition) is 2. The van der Waals surface area contributed by atoms with Crippen LogP contribution in [0.5, 0.6) is 5.75 Å². The van der Waals surface area contributed by atoms with Crippen molar-refractivity contribution in [3.8, 4) is 5.75 Å². The lowest BCUT2D eigenvalue weighted by Gasteiger charge is -2.25. The Bertz CT molecular complexity index is 594. The predicted molar refractivity (Wildman–Crippen MR) is 78.5 cm³/mol. The number of hydrogen-bond acceptors (Lipinski definition) is 3. The predicted octanol–water partition coefficient (Wildman–Crippen LogP) is 3.17. The monoisotopic (exact) mass is 290 g/mol. The van der Waals surface area contributed by atoms with Gasteiger partial charge in [-0.25, -0.2) is 4.39 Å². The van der Waals surface area contributed by atoms with E-state index in [4.69, 9.17) is 4.74 Å². The molecule has 2 rings (SSSR count). The summed E-state index contributed by atoms with van der Waals surface area (Å²) >= 11 is 0. The molecule has 21 heavy (non-hydrogen) atoms. The average Bonchev–Trinajstić information content (AvgIpc) is 2.47. The molecule has 0 saturated carbocycles. The molecule has 112 valence electrons. The Labute approximate surface area is 123 Å². The largest absolute Gasteiger partial charge is 0.490 e. The molecular weight excluding hydrogens is 271 g/mol. The first kappa shape index (κ1) is 15.5. The van der Waals surface area contributed by atoms with Crippen LogP contribution in [0.3, 0.4) is 0 Å². The van der Waals surface area contributed by atoms with Gasteiger partial charge in [-0.1, -0.05) is 30.3 Å². The molecule has 0 fully saturated rings. The van der Waals surface area contributed by atoms with E-state index in [-0.39, 0.29) is 6.61 Å². The lowest BCUT2D eigenvalue weighted by molar-refractivity contribution is 0.00654. The van der Waals surface area contributed by atoms with E-state index < -0.39 is 17.5 Å². The molecule has 2 N–H and O–H groups in total. The summed E-state index contributed by atoms with van der Waals surface area (Å²) in [6, 6.07) is 13.1. The summed E-state index contributed by atoms with van der Waals surface area (Å²) in [7, 11) is 0. The number of rotatable bonds is 5. The van der Waals surface area contributed by atoms with Gasteiger partial charge >= 0.3 is 0 Å². The van der Waals surface area contributed by atoms with Crippen LogP contribution in [0.1, 0.15) is 31.1 Å². The van der Waals surface area contributed by atoms with Crippen LogP contribution in [0.25, 0.3) is 0 Å². The highest BCUT2D eigenvalue weighted by atomic mass is 19.1. The van der Waals surface area contributed by atoms with Crippen LogP contribution in [0.15, 0.2) is 48.5 Å². The highest BCUT2D eigenvalue weighted by molar-refractivity contribution is 5.35. The molecule has 0 aliphatic heterocycles. The van der Waals surface area contributed by atoms with Gasteiger partial charge in [0.1, 0.15) is 23.8 Å². The maximum absolute atomic E-state index is 13.2. The van der Waals surface area contributed by atoms with Crippen molar-refractivity contribution in [2.75, 3.05) is 6.61 Å². The molecule has 2 unspecified atom stereocenters. The Morgan fingerprint density at radius 3 is 2.48 bits per heavy atom. The van der Waals surface area contributed by atoms with Crippen LogP contribution in [-0.4, -0.2) is 16.8 Å². The maximum Gasteiger partial charge on any atom is 0.125 e. The SMILES string of the molecule is CC(O)c1cc(F)ccc1OCC(C)(O)c1ccccc1. The van der Waals surface area contributed by atoms with Crippen molar-refractivity contribution in [2.24, 2.45) is 0 Å². The number of halogens is 1. The Morgan fingerprint density at radius 1 is 1.19 bits per heavy atom. The summed E-state index contributed by atoms with van der Waals surface area (Å²) in [6.45, 7) is 3.19. The van der Waals surface area contributed by atoms with Crippen molar-refractivity contribution in [3.05, 3.63) is 65.5 Å². The second-order valence-electron chi connectivity index (χ2n) is 5.29. The minimum atomic E-state index is -1.17. The van der Waals surface area contributed by atoms with Crippen molar-refractivity contribution in [1.82, 2.24) is 0 Å². The second kappa shape index (κ2) is 6.24. The van der Waals surface area contributed by atoms with Gasteiger partial charge in [-0.15, -0.1) is 0 Å². The summed E-state index contributed by atoms with van der Waals surface area (Å²) in [5, 5.41) is 20.1. The maximum atomic E-state index is 13.2. The van der Waals surface area contributed by atoms with Gasteiger partial charge in [0.25, 0.3) is 0 Å². The summed E-state index contributed by atoms with van der Waals surface area (Å²) < 4.78 is 18.8. The standard InChI is InChI=1S/C17H19FO3/c1-12(19)15-10-14(18)8-9-16(15)21-11-17(2,20)13-6-4-3-5-7-13/h3-10,12,19-20H,11H2,1-2H3. The first-order valence-electron chi connectivity index (χ1n) is 6.78. The normalized spacial score (nSPS) is 15.3. The first-order valence-corrected chi connectivity index (χ1v) is 6.78. The Kier molecular flexibility index (Phi) is 4.60. The molecule has 0 bridgehead atoms. The van der Waals surface area contributed by atoms with Gasteiger partial charge in [-0.3, -0.25) is 0 Å². The molecule has 2 aromatic rings. The third kappa shape index (κ3) is 3.80. The summed E-state index contributed by atoms with van der Waals surface area (Å²) in [5.41, 5.74) is -0.0874. The molecule has 0 radical (unpaired) electrons. The topological polar surface area (TPSA) is 49.7 Å². The van der Waals surface area contributed by atoms with Crippen LogP contribution in [0, 0.1) is 5.82 Å². The second-order valence-corrected chi connectivity index (χ2v) is 5.29. The lowest BCUT2D eigenvalue weighted by Crippen LogP contribution is -2.29. The van der Waals surface area contributed by atoms with Crippen molar-refractivity contribution < 1.29 is 19.3 Å². The Morgan fingerprint density at radius 2 is 1.86 bits per heavy atom. The van der Waals surface area contributed by atoms with E-state index >= 15 is 0 Å². The van der Waals surface area contributed by atoms with Gasteiger partial charge in [0.15, 0.2) is 0 Å². The summed E-state index contributed by atoms with van der Waals surface area (Å²) in [4.78, 5) is 0. The molecule has 0 amide bonds. The molecule has 0 spiro atoms. The van der Waals surface area contributed by atoms with Gasteiger partial charge in [0.2, 0.25) is 0 Å². The number of aliphatic hydroxyl groups is 2. The molecule has 0 aliphatic rings. The fourth-order valence-electron chi connectivity index (χ4n) is 2.08. The zero-order valence-corrected chi connectivity index (χ0v) is 12.1. The third-order valence-electron chi connectivity index (χ3n) is 3.33. The zero-order chi connectivity index (χ0) is 15.5. The molecule has 4 heteroatoms. The highest BCUT2D eigenvalue weighted by Crippen LogP contribution is 2.28. The van der Waals surface area contributed by atoms with Crippen LogP contribution in [-0.2, 0) is 5.60 Å². The molecule has 0 aromatic heterocycles. The Hall–Kier alpha value is -1.91. The molecule has 2 aromatic carbocycles. The van der Waals surface area contributed by atoms with E-state index in [0.717, 1.165) is 5.56 Å². The van der Waals surface area contributed by atoms with Gasteiger partial charge in [0, 0.05) is 5.56 Å². The molecule has 2 atom stereocenters. The minimum absolute atomic E-state index is 0.00235. The van der Waals surface area contributed by atoms with Gasteiger partial charge in [-0.2, -0.15) is 0 Å². The molecule has 0 aliphatic carbocycles. The first-order chi connectivity index (χ1) is 9.90. The molecule has 0 heterocycles. The smallest absolute Gasteiger partial charge is 0.125 e. The van der Waals surface area contributed by atoms with E-state index in [1.54, 1.807) is 6.92 Å². The van der Waals surface area contributed by atoms with Crippen molar-refractivity contribution in [1.29, 1.82) is 0 Å². The van der Waals surface area contributed by atoms with E-state index in [0.29, 0.717) is 11.3 Å². The third-order valence-corrected chi connectivity index (χ3v) is 3.33. The van der Waals surface area contributed by atoms with Crippen LogP contribution in [0.2, 0.25) is 0 Å². The molecular formula is C17H19FO3. The van der Waals surface area contributed by atoms with Crippen molar-refractivity contribution in [2.45, 2.75) is 25.6 Å². The lowest BCUT2D eigenvalue weighted by atomic mass is 9.97. The zero-order valence-electron chi connectivity index (χ0n) is 12.1. The molecule has 3 nitrogen and oxygen atoms in total. The highest BCUT2D eigenvalue weighted by Gasteiger charge is 2.24. The fraction of sp³-hybridized carbons (Fsp3) is 0.294. The van der Waals surface area contributed by atoms with Crippen LogP contribution in [0.4, 0.5) is 4.39 Å². The average molecular weight is 290 g/mol. The van der Waals surface area contributed by atoms with Crippen molar-refractivity contribution in [3.63, 3.8) is 0 Å². The number of ether oxygens (including phenoxy) is 1. The number of benzene rings is 2. The van der Waals surface area contributed by atoms with Gasteiger partial charge in [0.05, 0.1) is 6.10 Å². The summed E-state index contributed by atoms with van der Waals surface area (Å²) in [6.07, 6.45) is -0.850. The van der Waals surface area contributed by atoms with Gasteiger partial charge < -0.3 is 14.9 Å². The summed E-state index contributed by atoms with van der Waals surface area (Å²) in [5.74, 6) is -0.0734. The van der Waals surface area contributed by atoms with E-state index in [1.165, 1.54) is 25.1 Å². The van der Waals surface area contributed by atoms with Crippen molar-refractivity contribution >= 4 is 0 Å². The minimum Gasteiger partial charge on any atom is -0.490 e. The van der Waals surface area contributed by atoms with E-state index in [2.05, 4.69) is 0 Å². The van der Waals surface area contributed by atoms with Crippen LogP contribution < -0.4 is 4.74 Å². The van der Waals surface area contributed by atoms with Gasteiger partial charge in [-0.05, 0) is 37.6 Å². The Balaban J connectivity index is 2.16. The quantitative estimate of drug-likeness (QED) is 0.889. The van der Waals surface area contributed by atoms with E-state index in [1.807, 2.05) is 30.3 Å².